The van der Waals surface area contributed by atoms with Gasteiger partial charge in [-0.1, -0.05) is 26.0 Å². The number of carbonyl (C=O) groups excluding carboxylic acids is 1. The second-order valence-electron chi connectivity index (χ2n) is 6.04. The van der Waals surface area contributed by atoms with Gasteiger partial charge in [0.15, 0.2) is 0 Å². The van der Waals surface area contributed by atoms with Crippen LogP contribution in [0, 0.1) is 5.92 Å². The van der Waals surface area contributed by atoms with Gasteiger partial charge in [0.25, 0.3) is 5.91 Å². The van der Waals surface area contributed by atoms with E-state index in [-0.39, 0.29) is 11.9 Å². The van der Waals surface area contributed by atoms with Crippen LogP contribution in [0.5, 0.6) is 0 Å². The van der Waals surface area contributed by atoms with E-state index in [2.05, 4.69) is 38.2 Å². The van der Waals surface area contributed by atoms with E-state index in [1.165, 1.54) is 17.1 Å². The fraction of sp³-hybridized carbons (Fsp3) is 0.588. The maximum absolute atomic E-state index is 12.2. The number of carbonyl (C=O) groups is 1. The summed E-state index contributed by atoms with van der Waals surface area (Å²) in [7, 11) is 0. The molecular formula is C17H25NOS2. The molecule has 1 N–H and O–H groups in total. The Bertz CT molecular complexity index is 452. The van der Waals surface area contributed by atoms with Crippen molar-refractivity contribution in [3.05, 3.63) is 35.4 Å². The van der Waals surface area contributed by atoms with Crippen LogP contribution in [-0.2, 0) is 0 Å². The largest absolute Gasteiger partial charge is 0.350 e. The van der Waals surface area contributed by atoms with E-state index in [4.69, 9.17) is 0 Å². The smallest absolute Gasteiger partial charge is 0.251 e. The third-order valence-electron chi connectivity index (χ3n) is 3.62. The van der Waals surface area contributed by atoms with E-state index in [9.17, 15) is 4.79 Å². The molecule has 1 aromatic carbocycles. The lowest BCUT2D eigenvalue weighted by Gasteiger charge is -2.15. The van der Waals surface area contributed by atoms with Crippen LogP contribution in [0.2, 0.25) is 0 Å². The molecular weight excluding hydrogens is 298 g/mol. The number of rotatable bonds is 6. The number of thioether (sulfide) groups is 2. The average molecular weight is 324 g/mol. The van der Waals surface area contributed by atoms with Gasteiger partial charge in [0.05, 0.1) is 4.58 Å². The van der Waals surface area contributed by atoms with Crippen molar-refractivity contribution < 1.29 is 4.79 Å². The van der Waals surface area contributed by atoms with Gasteiger partial charge in [0.1, 0.15) is 0 Å². The molecule has 1 aliphatic rings. The van der Waals surface area contributed by atoms with Gasteiger partial charge >= 0.3 is 0 Å². The summed E-state index contributed by atoms with van der Waals surface area (Å²) in [6.07, 6.45) is 2.19. The van der Waals surface area contributed by atoms with Crippen LogP contribution in [0.15, 0.2) is 24.3 Å². The summed E-state index contributed by atoms with van der Waals surface area (Å²) in [6.45, 7) is 6.51. The highest BCUT2D eigenvalue weighted by Crippen LogP contribution is 2.45. The van der Waals surface area contributed by atoms with Gasteiger partial charge in [0, 0.05) is 23.1 Å². The molecule has 4 heteroatoms. The number of amides is 1. The normalized spacial score (nSPS) is 17.1. The fourth-order valence-electron chi connectivity index (χ4n) is 2.31. The van der Waals surface area contributed by atoms with Crippen LogP contribution in [0.4, 0.5) is 0 Å². The van der Waals surface area contributed by atoms with Gasteiger partial charge in [-0.25, -0.2) is 0 Å². The van der Waals surface area contributed by atoms with E-state index in [0.29, 0.717) is 10.5 Å². The van der Waals surface area contributed by atoms with Gasteiger partial charge in [0.2, 0.25) is 0 Å². The second-order valence-corrected chi connectivity index (χ2v) is 8.77. The Kier molecular flexibility index (Phi) is 6.49. The topological polar surface area (TPSA) is 29.1 Å². The molecule has 1 saturated heterocycles. The van der Waals surface area contributed by atoms with Crippen LogP contribution >= 0.6 is 23.5 Å². The van der Waals surface area contributed by atoms with Crippen molar-refractivity contribution in [2.24, 2.45) is 5.92 Å². The predicted octanol–water partition coefficient (Wildman–Crippen LogP) is 4.72. The lowest BCUT2D eigenvalue weighted by atomic mass is 10.0. The van der Waals surface area contributed by atoms with Crippen molar-refractivity contribution in [1.29, 1.82) is 0 Å². The molecule has 0 radical (unpaired) electrons. The molecule has 0 aromatic heterocycles. The molecule has 1 amide bonds. The minimum absolute atomic E-state index is 0.0459. The maximum Gasteiger partial charge on any atom is 0.251 e. The van der Waals surface area contributed by atoms with E-state index >= 15 is 0 Å². The van der Waals surface area contributed by atoms with Crippen molar-refractivity contribution in [1.82, 2.24) is 5.32 Å². The van der Waals surface area contributed by atoms with E-state index in [1.54, 1.807) is 0 Å². The molecule has 1 atom stereocenters. The Hall–Kier alpha value is -0.610. The van der Waals surface area contributed by atoms with Crippen molar-refractivity contribution in [3.8, 4) is 0 Å². The standard InChI is InChI=1S/C17H25NOS2/c1-12(2)4-5-13(3)18-16(19)14-6-8-15(9-7-14)17-20-10-11-21-17/h6-9,12-13,17H,4-5,10-11H2,1-3H3,(H,18,19)/t13-/m1/s1. The average Bonchev–Trinajstić information content (AvgIpc) is 2.99. The lowest BCUT2D eigenvalue weighted by Crippen LogP contribution is -2.32. The summed E-state index contributed by atoms with van der Waals surface area (Å²) in [4.78, 5) is 12.2. The van der Waals surface area contributed by atoms with E-state index in [0.717, 1.165) is 18.4 Å². The highest BCUT2D eigenvalue weighted by molar-refractivity contribution is 8.19. The van der Waals surface area contributed by atoms with Gasteiger partial charge in [-0.3, -0.25) is 4.79 Å². The van der Waals surface area contributed by atoms with E-state index < -0.39 is 0 Å². The first kappa shape index (κ1) is 16.8. The second kappa shape index (κ2) is 8.14. The zero-order chi connectivity index (χ0) is 15.2. The molecule has 0 spiro atoms. The van der Waals surface area contributed by atoms with Crippen LogP contribution in [0.1, 0.15) is 54.1 Å². The molecule has 116 valence electrons. The van der Waals surface area contributed by atoms with E-state index in [1.807, 2.05) is 35.7 Å². The summed E-state index contributed by atoms with van der Waals surface area (Å²) in [5.74, 6) is 3.19. The van der Waals surface area contributed by atoms with Crippen molar-refractivity contribution in [3.63, 3.8) is 0 Å². The summed E-state index contributed by atoms with van der Waals surface area (Å²) in [5.41, 5.74) is 2.09. The zero-order valence-corrected chi connectivity index (χ0v) is 14.7. The number of nitrogens with one attached hydrogen (secondary N) is 1. The Morgan fingerprint density at radius 3 is 2.33 bits per heavy atom. The third-order valence-corrected chi connectivity index (χ3v) is 6.73. The first-order valence-corrected chi connectivity index (χ1v) is 9.80. The van der Waals surface area contributed by atoms with Gasteiger partial charge in [-0.15, -0.1) is 23.5 Å². The number of hydrogen-bond acceptors (Lipinski definition) is 3. The molecule has 2 nitrogen and oxygen atoms in total. The molecule has 1 heterocycles. The Balaban J connectivity index is 1.87. The summed E-state index contributed by atoms with van der Waals surface area (Å²) in [6, 6.07) is 8.35. The molecule has 0 bridgehead atoms. The molecule has 0 unspecified atom stereocenters. The van der Waals surface area contributed by atoms with Crippen molar-refractivity contribution in [2.45, 2.75) is 44.2 Å². The summed E-state index contributed by atoms with van der Waals surface area (Å²) < 4.78 is 0.548. The molecule has 1 aliphatic heterocycles. The molecule has 1 fully saturated rings. The predicted molar refractivity (Wildman–Crippen MR) is 95.1 cm³/mol. The maximum atomic E-state index is 12.2. The highest BCUT2D eigenvalue weighted by atomic mass is 32.2. The first-order valence-electron chi connectivity index (χ1n) is 7.70. The fourth-order valence-corrected chi connectivity index (χ4v) is 5.16. The highest BCUT2D eigenvalue weighted by Gasteiger charge is 2.18. The Morgan fingerprint density at radius 1 is 1.14 bits per heavy atom. The number of hydrogen-bond donors (Lipinski definition) is 1. The van der Waals surface area contributed by atoms with Gasteiger partial charge in [-0.2, -0.15) is 0 Å². The van der Waals surface area contributed by atoms with Gasteiger partial charge < -0.3 is 5.32 Å². The molecule has 0 aliphatic carbocycles. The van der Waals surface area contributed by atoms with Crippen molar-refractivity contribution >= 4 is 29.4 Å². The molecule has 1 aromatic rings. The molecule has 2 rings (SSSR count). The monoisotopic (exact) mass is 323 g/mol. The SMILES string of the molecule is CC(C)CC[C@@H](C)NC(=O)c1ccc(C2SCCS2)cc1. The third kappa shape index (κ3) is 5.26. The minimum Gasteiger partial charge on any atom is -0.350 e. The summed E-state index contributed by atoms with van der Waals surface area (Å²) >= 11 is 3.98. The van der Waals surface area contributed by atoms with Crippen LogP contribution in [-0.4, -0.2) is 23.5 Å². The number of benzene rings is 1. The summed E-state index contributed by atoms with van der Waals surface area (Å²) in [5, 5.41) is 3.09. The molecule has 21 heavy (non-hydrogen) atoms. The van der Waals surface area contributed by atoms with Gasteiger partial charge in [-0.05, 0) is 43.4 Å². The van der Waals surface area contributed by atoms with Crippen LogP contribution in [0.25, 0.3) is 0 Å². The van der Waals surface area contributed by atoms with Crippen LogP contribution < -0.4 is 5.32 Å². The quantitative estimate of drug-likeness (QED) is 0.821. The van der Waals surface area contributed by atoms with Crippen LogP contribution in [0.3, 0.4) is 0 Å². The first-order chi connectivity index (χ1) is 10.1. The lowest BCUT2D eigenvalue weighted by molar-refractivity contribution is 0.0937. The Labute approximate surface area is 136 Å². The minimum atomic E-state index is 0.0459. The zero-order valence-electron chi connectivity index (χ0n) is 13.1. The van der Waals surface area contributed by atoms with Crippen molar-refractivity contribution in [2.75, 3.05) is 11.5 Å². The Morgan fingerprint density at radius 2 is 1.76 bits per heavy atom. The molecule has 0 saturated carbocycles.